The lowest BCUT2D eigenvalue weighted by atomic mass is 10.1. The molecule has 0 rings (SSSR count). The molecule has 0 fully saturated rings. The largest absolute Gasteiger partial charge is 0.103 e. The highest BCUT2D eigenvalue weighted by molar-refractivity contribution is 4.98. The van der Waals surface area contributed by atoms with Gasteiger partial charge in [0.1, 0.15) is 0 Å². The third-order valence-corrected chi connectivity index (χ3v) is 3.48. The van der Waals surface area contributed by atoms with Crippen LogP contribution in [0.4, 0.5) is 0 Å². The zero-order valence-corrected chi connectivity index (χ0v) is 13.0. The minimum absolute atomic E-state index is 1.05. The summed E-state index contributed by atoms with van der Waals surface area (Å²) in [7, 11) is 0. The van der Waals surface area contributed by atoms with Crippen LogP contribution >= 0.6 is 0 Å². The van der Waals surface area contributed by atoms with Crippen LogP contribution in [0.25, 0.3) is 0 Å². The molecule has 0 heteroatoms. The van der Waals surface area contributed by atoms with E-state index in [4.69, 9.17) is 0 Å². The van der Waals surface area contributed by atoms with E-state index in [1.54, 1.807) is 0 Å². The van der Waals surface area contributed by atoms with E-state index >= 15 is 0 Å². The molecule has 0 spiro atoms. The van der Waals surface area contributed by atoms with E-state index in [2.05, 4.69) is 25.7 Å². The predicted molar refractivity (Wildman–Crippen MR) is 87.7 cm³/mol. The second kappa shape index (κ2) is 17.6. The Hall–Kier alpha value is -0.440. The zero-order valence-electron chi connectivity index (χ0n) is 13.0. The Balaban J connectivity index is 3.02. The van der Waals surface area contributed by atoms with Crippen LogP contribution in [0.15, 0.2) is 0 Å². The van der Waals surface area contributed by atoms with Crippen molar-refractivity contribution in [3.8, 4) is 11.8 Å². The first-order valence-corrected chi connectivity index (χ1v) is 8.46. The molecule has 19 heavy (non-hydrogen) atoms. The smallest absolute Gasteiger partial charge is 0.00886 e. The first-order chi connectivity index (χ1) is 9.41. The third kappa shape index (κ3) is 17.6. The fourth-order valence-corrected chi connectivity index (χ4v) is 2.19. The summed E-state index contributed by atoms with van der Waals surface area (Å²) >= 11 is 0. The predicted octanol–water partition coefficient (Wildman–Crippen LogP) is 6.51. The highest BCUT2D eigenvalue weighted by Crippen LogP contribution is 2.10. The van der Waals surface area contributed by atoms with E-state index in [1.165, 1.54) is 70.6 Å². The highest BCUT2D eigenvalue weighted by atomic mass is 14.0. The van der Waals surface area contributed by atoms with E-state index in [9.17, 15) is 0 Å². The summed E-state index contributed by atoms with van der Waals surface area (Å²) < 4.78 is 0. The number of unbranched alkanes of at least 4 members (excludes halogenated alkanes) is 13. The molecule has 0 aromatic heterocycles. The summed E-state index contributed by atoms with van der Waals surface area (Å²) in [6.07, 6.45) is 19.2. The van der Waals surface area contributed by atoms with Crippen LogP contribution in [0.5, 0.6) is 0 Å². The first kappa shape index (κ1) is 18.6. The van der Waals surface area contributed by atoms with E-state index in [1.807, 2.05) is 0 Å². The fourth-order valence-electron chi connectivity index (χ4n) is 2.19. The first-order valence-electron chi connectivity index (χ1n) is 8.46. The van der Waals surface area contributed by atoms with Gasteiger partial charge in [0.05, 0.1) is 0 Å². The van der Waals surface area contributed by atoms with Crippen molar-refractivity contribution < 1.29 is 0 Å². The van der Waals surface area contributed by atoms with Crippen molar-refractivity contribution in [2.24, 2.45) is 0 Å². The second-order valence-electron chi connectivity index (χ2n) is 5.45. The maximum atomic E-state index is 3.88. The van der Waals surface area contributed by atoms with E-state index in [0.717, 1.165) is 25.7 Å². The standard InChI is InChI=1S/C19H34/c1-3-5-7-9-11-13-15-17-19-18-16-14-12-10-8-6-4-2/h1-11,13,15-19H2. The van der Waals surface area contributed by atoms with E-state index in [0.29, 0.717) is 0 Å². The van der Waals surface area contributed by atoms with Crippen molar-refractivity contribution in [1.29, 1.82) is 0 Å². The van der Waals surface area contributed by atoms with Crippen molar-refractivity contribution in [2.45, 2.75) is 96.3 Å². The minimum Gasteiger partial charge on any atom is -0.103 e. The molecule has 0 aromatic rings. The van der Waals surface area contributed by atoms with Crippen LogP contribution in [0.3, 0.4) is 0 Å². The molecule has 110 valence electrons. The van der Waals surface area contributed by atoms with Gasteiger partial charge in [0.2, 0.25) is 0 Å². The Bertz CT molecular complexity index is 206. The van der Waals surface area contributed by atoms with Crippen molar-refractivity contribution in [2.75, 3.05) is 0 Å². The molecule has 0 atom stereocenters. The molecule has 2 radical (unpaired) electrons. The Morgan fingerprint density at radius 1 is 0.421 bits per heavy atom. The maximum Gasteiger partial charge on any atom is 0.00886 e. The average Bonchev–Trinajstić information content (AvgIpc) is 2.43. The van der Waals surface area contributed by atoms with Gasteiger partial charge in [0, 0.05) is 12.8 Å². The van der Waals surface area contributed by atoms with Gasteiger partial charge in [-0.2, -0.15) is 0 Å². The van der Waals surface area contributed by atoms with Crippen LogP contribution in [0.1, 0.15) is 96.3 Å². The lowest BCUT2D eigenvalue weighted by molar-refractivity contribution is 0.562. The summed E-state index contributed by atoms with van der Waals surface area (Å²) in [5, 5.41) is 0. The van der Waals surface area contributed by atoms with Gasteiger partial charge in [0.25, 0.3) is 0 Å². The van der Waals surface area contributed by atoms with Crippen LogP contribution < -0.4 is 0 Å². The molecule has 0 bridgehead atoms. The Morgan fingerprint density at radius 3 is 1.21 bits per heavy atom. The van der Waals surface area contributed by atoms with Gasteiger partial charge in [-0.05, 0) is 12.8 Å². The SMILES string of the molecule is [CH2]CCCCC#CCCCCCCCCCCC[CH2]. The molecule has 0 saturated carbocycles. The number of hydrogen-bond donors (Lipinski definition) is 0. The van der Waals surface area contributed by atoms with Gasteiger partial charge >= 0.3 is 0 Å². The Labute approximate surface area is 122 Å². The highest BCUT2D eigenvalue weighted by Gasteiger charge is 1.91. The normalized spacial score (nSPS) is 10.2. The summed E-state index contributed by atoms with van der Waals surface area (Å²) in [5.74, 6) is 6.56. The third-order valence-electron chi connectivity index (χ3n) is 3.48. The lowest BCUT2D eigenvalue weighted by Crippen LogP contribution is -1.81. The van der Waals surface area contributed by atoms with Gasteiger partial charge in [-0.1, -0.05) is 84.5 Å². The quantitative estimate of drug-likeness (QED) is 0.262. The summed E-state index contributed by atoms with van der Waals surface area (Å²) in [5.41, 5.74) is 0. The zero-order chi connectivity index (χ0) is 14.0. The molecule has 0 heterocycles. The molecule has 0 N–H and O–H groups in total. The summed E-state index contributed by atoms with van der Waals surface area (Å²) in [6, 6.07) is 0. The monoisotopic (exact) mass is 262 g/mol. The molecule has 0 saturated heterocycles. The van der Waals surface area contributed by atoms with Crippen molar-refractivity contribution >= 4 is 0 Å². The minimum atomic E-state index is 1.05. The van der Waals surface area contributed by atoms with E-state index in [-0.39, 0.29) is 0 Å². The molecule has 0 aliphatic carbocycles. The molecule has 0 nitrogen and oxygen atoms in total. The van der Waals surface area contributed by atoms with Crippen LogP contribution in [0, 0.1) is 25.7 Å². The van der Waals surface area contributed by atoms with Gasteiger partial charge in [-0.3, -0.25) is 0 Å². The topological polar surface area (TPSA) is 0 Å². The van der Waals surface area contributed by atoms with Gasteiger partial charge in [-0.25, -0.2) is 0 Å². The van der Waals surface area contributed by atoms with E-state index < -0.39 is 0 Å². The molecule has 0 amide bonds. The summed E-state index contributed by atoms with van der Waals surface area (Å²) in [6.45, 7) is 7.71. The van der Waals surface area contributed by atoms with Crippen molar-refractivity contribution in [3.05, 3.63) is 13.8 Å². The fraction of sp³-hybridized carbons (Fsp3) is 0.789. The summed E-state index contributed by atoms with van der Waals surface area (Å²) in [4.78, 5) is 0. The molecule has 0 aliphatic heterocycles. The molecule has 0 aliphatic rings. The molecule has 0 unspecified atom stereocenters. The second-order valence-corrected chi connectivity index (χ2v) is 5.45. The number of hydrogen-bond acceptors (Lipinski definition) is 0. The maximum absolute atomic E-state index is 3.88. The number of rotatable bonds is 13. The van der Waals surface area contributed by atoms with Gasteiger partial charge in [0.15, 0.2) is 0 Å². The molecular weight excluding hydrogens is 228 g/mol. The van der Waals surface area contributed by atoms with Crippen LogP contribution in [-0.4, -0.2) is 0 Å². The van der Waals surface area contributed by atoms with Crippen molar-refractivity contribution in [1.82, 2.24) is 0 Å². The Morgan fingerprint density at radius 2 is 0.737 bits per heavy atom. The van der Waals surface area contributed by atoms with Gasteiger partial charge < -0.3 is 0 Å². The Kier molecular flexibility index (Phi) is 17.2. The lowest BCUT2D eigenvalue weighted by Gasteiger charge is -2.00. The van der Waals surface area contributed by atoms with Crippen LogP contribution in [0.2, 0.25) is 0 Å². The molecule has 0 aromatic carbocycles. The molecular formula is C19H34. The average molecular weight is 262 g/mol. The van der Waals surface area contributed by atoms with Gasteiger partial charge in [-0.15, -0.1) is 11.8 Å². The van der Waals surface area contributed by atoms with Crippen molar-refractivity contribution in [3.63, 3.8) is 0 Å². The van der Waals surface area contributed by atoms with Crippen LogP contribution in [-0.2, 0) is 0 Å².